The van der Waals surface area contributed by atoms with Crippen molar-refractivity contribution in [3.8, 4) is 0 Å². The Morgan fingerprint density at radius 2 is 1.95 bits per heavy atom. The highest BCUT2D eigenvalue weighted by atomic mass is 16.5. The van der Waals surface area contributed by atoms with Crippen LogP contribution in [0, 0.1) is 0 Å². The molecule has 4 heteroatoms. The maximum Gasteiger partial charge on any atom is 0.234 e. The maximum absolute atomic E-state index is 11.6. The second-order valence-electron chi connectivity index (χ2n) is 5.15. The van der Waals surface area contributed by atoms with E-state index in [1.807, 2.05) is 44.2 Å². The SMILES string of the molecule is COC(C)(C)CCNCC(=O)NCc1ccccc1. The summed E-state index contributed by atoms with van der Waals surface area (Å²) in [6.07, 6.45) is 0.871. The van der Waals surface area contributed by atoms with Crippen molar-refractivity contribution in [1.29, 1.82) is 0 Å². The lowest BCUT2D eigenvalue weighted by Crippen LogP contribution is -2.36. The smallest absolute Gasteiger partial charge is 0.234 e. The molecule has 1 aromatic carbocycles. The van der Waals surface area contributed by atoms with Crippen molar-refractivity contribution in [3.63, 3.8) is 0 Å². The number of amides is 1. The Morgan fingerprint density at radius 1 is 1.26 bits per heavy atom. The number of benzene rings is 1. The third-order valence-electron chi connectivity index (χ3n) is 3.07. The lowest BCUT2D eigenvalue weighted by atomic mass is 10.1. The third kappa shape index (κ3) is 6.94. The first kappa shape index (κ1) is 15.7. The predicted octanol–water partition coefficient (Wildman–Crippen LogP) is 1.71. The molecule has 0 saturated heterocycles. The van der Waals surface area contributed by atoms with E-state index < -0.39 is 0 Å². The summed E-state index contributed by atoms with van der Waals surface area (Å²) >= 11 is 0. The van der Waals surface area contributed by atoms with Gasteiger partial charge in [-0.05, 0) is 32.4 Å². The number of carbonyl (C=O) groups is 1. The molecule has 0 fully saturated rings. The molecule has 0 saturated carbocycles. The number of carbonyl (C=O) groups excluding carboxylic acids is 1. The second-order valence-corrected chi connectivity index (χ2v) is 5.15. The number of rotatable bonds is 8. The first-order valence-electron chi connectivity index (χ1n) is 6.60. The van der Waals surface area contributed by atoms with Crippen LogP contribution in [0.25, 0.3) is 0 Å². The van der Waals surface area contributed by atoms with E-state index in [1.54, 1.807) is 7.11 Å². The summed E-state index contributed by atoms with van der Waals surface area (Å²) in [6, 6.07) is 9.88. The van der Waals surface area contributed by atoms with E-state index in [1.165, 1.54) is 0 Å². The van der Waals surface area contributed by atoms with Gasteiger partial charge < -0.3 is 15.4 Å². The molecule has 0 aromatic heterocycles. The van der Waals surface area contributed by atoms with Crippen molar-refractivity contribution in [1.82, 2.24) is 10.6 Å². The Morgan fingerprint density at radius 3 is 2.58 bits per heavy atom. The standard InChI is InChI=1S/C15H24N2O2/c1-15(2,19-3)9-10-16-12-14(18)17-11-13-7-5-4-6-8-13/h4-8,16H,9-12H2,1-3H3,(H,17,18). The van der Waals surface area contributed by atoms with Crippen LogP contribution in [0.5, 0.6) is 0 Å². The molecule has 0 radical (unpaired) electrons. The van der Waals surface area contributed by atoms with E-state index in [9.17, 15) is 4.79 Å². The van der Waals surface area contributed by atoms with Crippen LogP contribution in [-0.4, -0.2) is 31.7 Å². The highest BCUT2D eigenvalue weighted by Gasteiger charge is 2.15. The Hall–Kier alpha value is -1.39. The zero-order chi connectivity index (χ0) is 14.1. The van der Waals surface area contributed by atoms with Gasteiger partial charge in [0.15, 0.2) is 0 Å². The molecule has 19 heavy (non-hydrogen) atoms. The van der Waals surface area contributed by atoms with Gasteiger partial charge in [-0.2, -0.15) is 0 Å². The van der Waals surface area contributed by atoms with Gasteiger partial charge in [0.25, 0.3) is 0 Å². The Balaban J connectivity index is 2.12. The molecule has 1 rings (SSSR count). The van der Waals surface area contributed by atoms with Gasteiger partial charge >= 0.3 is 0 Å². The lowest BCUT2D eigenvalue weighted by molar-refractivity contribution is -0.120. The van der Waals surface area contributed by atoms with Crippen LogP contribution in [-0.2, 0) is 16.1 Å². The molecule has 0 heterocycles. The van der Waals surface area contributed by atoms with Gasteiger partial charge in [-0.3, -0.25) is 4.79 Å². The fourth-order valence-corrected chi connectivity index (χ4v) is 1.55. The number of hydrogen-bond donors (Lipinski definition) is 2. The fraction of sp³-hybridized carbons (Fsp3) is 0.533. The van der Waals surface area contributed by atoms with Crippen molar-refractivity contribution in [2.24, 2.45) is 0 Å². The van der Waals surface area contributed by atoms with Crippen LogP contribution in [0.1, 0.15) is 25.8 Å². The molecular weight excluding hydrogens is 240 g/mol. The molecule has 2 N–H and O–H groups in total. The molecule has 106 valence electrons. The number of hydrogen-bond acceptors (Lipinski definition) is 3. The van der Waals surface area contributed by atoms with Crippen molar-refractivity contribution in [2.45, 2.75) is 32.4 Å². The molecule has 0 bridgehead atoms. The highest BCUT2D eigenvalue weighted by Crippen LogP contribution is 2.10. The van der Waals surface area contributed by atoms with Gasteiger partial charge in [-0.1, -0.05) is 30.3 Å². The molecule has 0 unspecified atom stereocenters. The second kappa shape index (κ2) is 7.92. The minimum atomic E-state index is -0.145. The van der Waals surface area contributed by atoms with Crippen LogP contribution in [0.4, 0.5) is 0 Å². The largest absolute Gasteiger partial charge is 0.379 e. The Kier molecular flexibility index (Phi) is 6.53. The summed E-state index contributed by atoms with van der Waals surface area (Å²) in [7, 11) is 1.70. The molecule has 1 aromatic rings. The normalized spacial score (nSPS) is 11.3. The summed E-state index contributed by atoms with van der Waals surface area (Å²) in [5, 5.41) is 6.00. The van der Waals surface area contributed by atoms with Crippen LogP contribution >= 0.6 is 0 Å². The molecule has 0 aliphatic rings. The summed E-state index contributed by atoms with van der Waals surface area (Å²) < 4.78 is 5.31. The van der Waals surface area contributed by atoms with Gasteiger partial charge in [-0.25, -0.2) is 0 Å². The molecule has 0 spiro atoms. The van der Waals surface area contributed by atoms with Gasteiger partial charge in [0, 0.05) is 13.7 Å². The van der Waals surface area contributed by atoms with E-state index in [4.69, 9.17) is 4.74 Å². The van der Waals surface area contributed by atoms with Crippen LogP contribution in [0.2, 0.25) is 0 Å². The zero-order valence-corrected chi connectivity index (χ0v) is 12.0. The highest BCUT2D eigenvalue weighted by molar-refractivity contribution is 5.77. The van der Waals surface area contributed by atoms with E-state index in [2.05, 4.69) is 10.6 Å². The summed E-state index contributed by atoms with van der Waals surface area (Å²) in [6.45, 7) is 5.74. The first-order valence-corrected chi connectivity index (χ1v) is 6.60. The topological polar surface area (TPSA) is 50.4 Å². The van der Waals surface area contributed by atoms with E-state index in [-0.39, 0.29) is 11.5 Å². The monoisotopic (exact) mass is 264 g/mol. The van der Waals surface area contributed by atoms with E-state index >= 15 is 0 Å². The Labute approximate surface area is 115 Å². The van der Waals surface area contributed by atoms with Crippen LogP contribution in [0.3, 0.4) is 0 Å². The quantitative estimate of drug-likeness (QED) is 0.703. The van der Waals surface area contributed by atoms with E-state index in [0.717, 1.165) is 18.5 Å². The number of methoxy groups -OCH3 is 1. The summed E-state index contributed by atoms with van der Waals surface area (Å²) in [4.78, 5) is 11.6. The van der Waals surface area contributed by atoms with Gasteiger partial charge in [0.05, 0.1) is 12.1 Å². The van der Waals surface area contributed by atoms with Gasteiger partial charge in [-0.15, -0.1) is 0 Å². The third-order valence-corrected chi connectivity index (χ3v) is 3.07. The van der Waals surface area contributed by atoms with Crippen molar-refractivity contribution in [2.75, 3.05) is 20.2 Å². The summed E-state index contributed by atoms with van der Waals surface area (Å²) in [5.41, 5.74) is 0.962. The maximum atomic E-state index is 11.6. The summed E-state index contributed by atoms with van der Waals surface area (Å²) in [5.74, 6) is 0.0130. The van der Waals surface area contributed by atoms with Gasteiger partial charge in [0.1, 0.15) is 0 Å². The number of ether oxygens (including phenoxy) is 1. The average molecular weight is 264 g/mol. The van der Waals surface area contributed by atoms with Crippen molar-refractivity contribution < 1.29 is 9.53 Å². The zero-order valence-electron chi connectivity index (χ0n) is 12.0. The molecule has 4 nitrogen and oxygen atoms in total. The Bertz CT molecular complexity index is 377. The minimum Gasteiger partial charge on any atom is -0.379 e. The lowest BCUT2D eigenvalue weighted by Gasteiger charge is -2.22. The van der Waals surface area contributed by atoms with Crippen molar-refractivity contribution in [3.05, 3.63) is 35.9 Å². The molecule has 0 aliphatic heterocycles. The first-order chi connectivity index (χ1) is 9.03. The average Bonchev–Trinajstić information content (AvgIpc) is 2.42. The number of nitrogens with one attached hydrogen (secondary N) is 2. The van der Waals surface area contributed by atoms with Gasteiger partial charge in [0.2, 0.25) is 5.91 Å². The molecule has 0 aliphatic carbocycles. The molecule has 0 atom stereocenters. The fourth-order valence-electron chi connectivity index (χ4n) is 1.55. The molecule has 1 amide bonds. The van der Waals surface area contributed by atoms with Crippen LogP contribution in [0.15, 0.2) is 30.3 Å². The van der Waals surface area contributed by atoms with E-state index in [0.29, 0.717) is 13.1 Å². The minimum absolute atomic E-state index is 0.0130. The molecular formula is C15H24N2O2. The predicted molar refractivity (Wildman–Crippen MR) is 76.9 cm³/mol. The van der Waals surface area contributed by atoms with Crippen LogP contribution < -0.4 is 10.6 Å². The van der Waals surface area contributed by atoms with Crippen molar-refractivity contribution >= 4 is 5.91 Å².